The van der Waals surface area contributed by atoms with Gasteiger partial charge in [-0.25, -0.2) is 4.68 Å². The van der Waals surface area contributed by atoms with Crippen molar-refractivity contribution in [3.05, 3.63) is 35.7 Å². The summed E-state index contributed by atoms with van der Waals surface area (Å²) in [5, 5.41) is 16.9. The lowest BCUT2D eigenvalue weighted by atomic mass is 10.2. The van der Waals surface area contributed by atoms with Crippen LogP contribution in [0.25, 0.3) is 5.69 Å². The molecule has 0 bridgehead atoms. The van der Waals surface area contributed by atoms with Gasteiger partial charge < -0.3 is 4.74 Å². The van der Waals surface area contributed by atoms with Crippen LogP contribution in [0.3, 0.4) is 0 Å². The average molecular weight is 242 g/mol. The van der Waals surface area contributed by atoms with Crippen molar-refractivity contribution in [2.45, 2.75) is 19.8 Å². The Labute approximate surface area is 106 Å². The number of ether oxygens (including phenoxy) is 1. The van der Waals surface area contributed by atoms with E-state index in [-0.39, 0.29) is 0 Å². The maximum absolute atomic E-state index is 9.00. The summed E-state index contributed by atoms with van der Waals surface area (Å²) >= 11 is 0. The minimum Gasteiger partial charge on any atom is -0.497 e. The molecule has 0 spiro atoms. The Balaban J connectivity index is 2.43. The standard InChI is InChI=1S/C13H14N4O/c1-3-4-13-12(9-14)15-16-17(13)10-5-7-11(18-2)8-6-10/h5-8H,3-4H2,1-2H3. The van der Waals surface area contributed by atoms with E-state index < -0.39 is 0 Å². The normalized spacial score (nSPS) is 10.1. The molecule has 0 aliphatic rings. The maximum Gasteiger partial charge on any atom is 0.186 e. The summed E-state index contributed by atoms with van der Waals surface area (Å²) in [6.07, 6.45) is 1.72. The van der Waals surface area contributed by atoms with Gasteiger partial charge in [-0.05, 0) is 30.7 Å². The third kappa shape index (κ3) is 2.18. The predicted octanol–water partition coefficient (Wildman–Crippen LogP) is 2.10. The number of nitriles is 1. The van der Waals surface area contributed by atoms with Gasteiger partial charge in [0.25, 0.3) is 0 Å². The van der Waals surface area contributed by atoms with Crippen LogP contribution in [0.5, 0.6) is 5.75 Å². The molecule has 0 amide bonds. The summed E-state index contributed by atoms with van der Waals surface area (Å²) in [5.41, 5.74) is 2.13. The summed E-state index contributed by atoms with van der Waals surface area (Å²) in [6, 6.07) is 9.59. The molecule has 0 aliphatic carbocycles. The fraction of sp³-hybridized carbons (Fsp3) is 0.308. The van der Waals surface area contributed by atoms with Gasteiger partial charge in [-0.15, -0.1) is 5.10 Å². The second-order valence-corrected chi connectivity index (χ2v) is 3.86. The lowest BCUT2D eigenvalue weighted by molar-refractivity contribution is 0.414. The fourth-order valence-corrected chi connectivity index (χ4v) is 1.78. The minimum absolute atomic E-state index is 0.396. The Morgan fingerprint density at radius 3 is 2.61 bits per heavy atom. The lowest BCUT2D eigenvalue weighted by Gasteiger charge is -2.06. The van der Waals surface area contributed by atoms with Crippen LogP contribution in [0.2, 0.25) is 0 Å². The molecule has 0 atom stereocenters. The number of rotatable bonds is 4. The van der Waals surface area contributed by atoms with Gasteiger partial charge >= 0.3 is 0 Å². The maximum atomic E-state index is 9.00. The van der Waals surface area contributed by atoms with Crippen LogP contribution in [-0.2, 0) is 6.42 Å². The molecule has 1 aromatic carbocycles. The number of aromatic nitrogens is 3. The molecule has 1 heterocycles. The Bertz CT molecular complexity index is 566. The highest BCUT2D eigenvalue weighted by atomic mass is 16.5. The number of benzene rings is 1. The highest BCUT2D eigenvalue weighted by Crippen LogP contribution is 2.17. The molecule has 5 heteroatoms. The van der Waals surface area contributed by atoms with Crippen molar-refractivity contribution in [3.63, 3.8) is 0 Å². The lowest BCUT2D eigenvalue weighted by Crippen LogP contribution is -2.03. The molecule has 0 saturated carbocycles. The molecule has 2 rings (SSSR count). The Kier molecular flexibility index (Phi) is 3.58. The van der Waals surface area contributed by atoms with Gasteiger partial charge in [-0.1, -0.05) is 18.6 Å². The van der Waals surface area contributed by atoms with Crippen molar-refractivity contribution in [3.8, 4) is 17.5 Å². The van der Waals surface area contributed by atoms with E-state index >= 15 is 0 Å². The van der Waals surface area contributed by atoms with Gasteiger partial charge in [-0.2, -0.15) is 5.26 Å². The van der Waals surface area contributed by atoms with Gasteiger partial charge in [0.2, 0.25) is 0 Å². The number of hydrogen-bond acceptors (Lipinski definition) is 4. The van der Waals surface area contributed by atoms with E-state index in [2.05, 4.69) is 23.3 Å². The number of hydrogen-bond donors (Lipinski definition) is 0. The molecule has 5 nitrogen and oxygen atoms in total. The van der Waals surface area contributed by atoms with Crippen LogP contribution < -0.4 is 4.74 Å². The molecule has 1 aromatic heterocycles. The second-order valence-electron chi connectivity index (χ2n) is 3.86. The van der Waals surface area contributed by atoms with E-state index in [1.807, 2.05) is 24.3 Å². The summed E-state index contributed by atoms with van der Waals surface area (Å²) in [5.74, 6) is 0.788. The molecule has 18 heavy (non-hydrogen) atoms. The van der Waals surface area contributed by atoms with Gasteiger partial charge in [-0.3, -0.25) is 0 Å². The number of methoxy groups -OCH3 is 1. The summed E-state index contributed by atoms with van der Waals surface area (Å²) in [7, 11) is 1.63. The smallest absolute Gasteiger partial charge is 0.186 e. The molecule has 0 unspecified atom stereocenters. The highest BCUT2D eigenvalue weighted by molar-refractivity contribution is 5.40. The third-order valence-electron chi connectivity index (χ3n) is 2.67. The molecule has 0 radical (unpaired) electrons. The first-order valence-electron chi connectivity index (χ1n) is 5.79. The van der Waals surface area contributed by atoms with Crippen LogP contribution in [0.4, 0.5) is 0 Å². The van der Waals surface area contributed by atoms with E-state index in [1.165, 1.54) is 0 Å². The highest BCUT2D eigenvalue weighted by Gasteiger charge is 2.12. The molecular formula is C13H14N4O. The summed E-state index contributed by atoms with van der Waals surface area (Å²) < 4.78 is 6.82. The van der Waals surface area contributed by atoms with Gasteiger partial charge in [0.15, 0.2) is 5.69 Å². The predicted molar refractivity (Wildman–Crippen MR) is 66.6 cm³/mol. The fourth-order valence-electron chi connectivity index (χ4n) is 1.78. The summed E-state index contributed by atoms with van der Waals surface area (Å²) in [6.45, 7) is 2.06. The monoisotopic (exact) mass is 242 g/mol. The molecule has 92 valence electrons. The van der Waals surface area contributed by atoms with Crippen molar-refractivity contribution >= 4 is 0 Å². The van der Waals surface area contributed by atoms with Gasteiger partial charge in [0.05, 0.1) is 18.5 Å². The largest absolute Gasteiger partial charge is 0.497 e. The topological polar surface area (TPSA) is 63.7 Å². The Morgan fingerprint density at radius 2 is 2.06 bits per heavy atom. The van der Waals surface area contributed by atoms with Gasteiger partial charge in [0.1, 0.15) is 11.8 Å². The van der Waals surface area contributed by atoms with Crippen molar-refractivity contribution in [2.75, 3.05) is 7.11 Å². The second kappa shape index (κ2) is 5.32. The van der Waals surface area contributed by atoms with Crippen LogP contribution >= 0.6 is 0 Å². The first-order valence-corrected chi connectivity index (χ1v) is 5.79. The van der Waals surface area contributed by atoms with Crippen molar-refractivity contribution in [1.29, 1.82) is 5.26 Å². The molecule has 0 N–H and O–H groups in total. The van der Waals surface area contributed by atoms with Crippen LogP contribution in [0.15, 0.2) is 24.3 Å². The average Bonchev–Trinajstić information content (AvgIpc) is 2.82. The van der Waals surface area contributed by atoms with E-state index in [1.54, 1.807) is 11.8 Å². The Morgan fingerprint density at radius 1 is 1.33 bits per heavy atom. The zero-order chi connectivity index (χ0) is 13.0. The minimum atomic E-state index is 0.396. The first kappa shape index (κ1) is 12.1. The first-order chi connectivity index (χ1) is 8.80. The van der Waals surface area contributed by atoms with Crippen LogP contribution in [-0.4, -0.2) is 22.1 Å². The van der Waals surface area contributed by atoms with Gasteiger partial charge in [0, 0.05) is 0 Å². The van der Waals surface area contributed by atoms with Crippen molar-refractivity contribution in [2.24, 2.45) is 0 Å². The van der Waals surface area contributed by atoms with E-state index in [4.69, 9.17) is 10.00 Å². The van der Waals surface area contributed by atoms with E-state index in [0.717, 1.165) is 30.0 Å². The quantitative estimate of drug-likeness (QED) is 0.823. The molecule has 2 aromatic rings. The molecule has 0 fully saturated rings. The molecule has 0 saturated heterocycles. The van der Waals surface area contributed by atoms with Crippen molar-refractivity contribution < 1.29 is 4.74 Å². The third-order valence-corrected chi connectivity index (χ3v) is 2.67. The SMILES string of the molecule is CCCc1c(C#N)nnn1-c1ccc(OC)cc1. The van der Waals surface area contributed by atoms with Crippen LogP contribution in [0, 0.1) is 11.3 Å². The van der Waals surface area contributed by atoms with E-state index in [9.17, 15) is 0 Å². The van der Waals surface area contributed by atoms with Crippen LogP contribution in [0.1, 0.15) is 24.7 Å². The molecular weight excluding hydrogens is 228 g/mol. The van der Waals surface area contributed by atoms with Crippen molar-refractivity contribution in [1.82, 2.24) is 15.0 Å². The zero-order valence-electron chi connectivity index (χ0n) is 10.4. The zero-order valence-corrected chi connectivity index (χ0v) is 10.4. The molecule has 0 aliphatic heterocycles. The van der Waals surface area contributed by atoms with E-state index in [0.29, 0.717) is 5.69 Å². The summed E-state index contributed by atoms with van der Waals surface area (Å²) in [4.78, 5) is 0. The number of nitrogens with zero attached hydrogens (tertiary/aromatic N) is 4. The Hall–Kier alpha value is -2.35.